The summed E-state index contributed by atoms with van der Waals surface area (Å²) in [6, 6.07) is 1.79. The fourth-order valence-corrected chi connectivity index (χ4v) is 3.11. The number of ether oxygens (including phenoxy) is 2. The lowest BCUT2D eigenvalue weighted by molar-refractivity contribution is 0.336. The minimum atomic E-state index is -0.340. The Bertz CT molecular complexity index is 454. The molecule has 0 amide bonds. The number of hydrogen-bond donors (Lipinski definition) is 1. The van der Waals surface area contributed by atoms with Gasteiger partial charge in [-0.3, -0.25) is 0 Å². The van der Waals surface area contributed by atoms with Crippen molar-refractivity contribution >= 4 is 11.6 Å². The highest BCUT2D eigenvalue weighted by molar-refractivity contribution is 6.31. The van der Waals surface area contributed by atoms with E-state index in [9.17, 15) is 0 Å². The van der Waals surface area contributed by atoms with E-state index in [-0.39, 0.29) is 5.54 Å². The number of halogens is 1. The van der Waals surface area contributed by atoms with Crippen LogP contribution in [0.1, 0.15) is 36.8 Å². The molecule has 1 aliphatic rings. The van der Waals surface area contributed by atoms with Crippen molar-refractivity contribution in [2.24, 2.45) is 5.73 Å². The van der Waals surface area contributed by atoms with Gasteiger partial charge in [0, 0.05) is 22.2 Å². The summed E-state index contributed by atoms with van der Waals surface area (Å²) in [5.41, 5.74) is 8.22. The van der Waals surface area contributed by atoms with Gasteiger partial charge in [0.25, 0.3) is 0 Å². The third kappa shape index (κ3) is 2.06. The van der Waals surface area contributed by atoms with Crippen LogP contribution >= 0.6 is 11.6 Å². The van der Waals surface area contributed by atoms with Crippen LogP contribution in [-0.2, 0) is 5.54 Å². The number of hydrogen-bond acceptors (Lipinski definition) is 3. The fourth-order valence-electron chi connectivity index (χ4n) is 2.91. The Kier molecular flexibility index (Phi) is 3.74. The van der Waals surface area contributed by atoms with E-state index < -0.39 is 0 Å². The molecule has 0 spiro atoms. The number of methoxy groups -OCH3 is 2. The minimum Gasteiger partial charge on any atom is -0.493 e. The first-order chi connectivity index (χ1) is 8.53. The van der Waals surface area contributed by atoms with Crippen LogP contribution in [0.3, 0.4) is 0 Å². The lowest BCUT2D eigenvalue weighted by Crippen LogP contribution is -2.34. The van der Waals surface area contributed by atoms with Crippen molar-refractivity contribution in [1.29, 1.82) is 0 Å². The fraction of sp³-hybridized carbons (Fsp3) is 0.571. The van der Waals surface area contributed by atoms with E-state index in [1.54, 1.807) is 20.3 Å². The quantitative estimate of drug-likeness (QED) is 0.915. The maximum absolute atomic E-state index is 6.56. The Morgan fingerprint density at radius 1 is 1.22 bits per heavy atom. The molecule has 0 unspecified atom stereocenters. The van der Waals surface area contributed by atoms with Gasteiger partial charge in [-0.25, -0.2) is 0 Å². The summed E-state index contributed by atoms with van der Waals surface area (Å²) in [4.78, 5) is 0. The van der Waals surface area contributed by atoms with Crippen LogP contribution < -0.4 is 15.2 Å². The zero-order valence-electron chi connectivity index (χ0n) is 11.2. The molecular weight excluding hydrogens is 250 g/mol. The van der Waals surface area contributed by atoms with Crippen molar-refractivity contribution in [2.75, 3.05) is 14.2 Å². The van der Waals surface area contributed by atoms with Crippen molar-refractivity contribution in [3.05, 3.63) is 22.2 Å². The summed E-state index contributed by atoms with van der Waals surface area (Å²) < 4.78 is 10.9. The van der Waals surface area contributed by atoms with Crippen molar-refractivity contribution in [1.82, 2.24) is 0 Å². The van der Waals surface area contributed by atoms with Crippen LogP contribution in [-0.4, -0.2) is 14.2 Å². The SMILES string of the molecule is COc1cc(Cl)c(C)c(C2(N)CCCC2)c1OC. The van der Waals surface area contributed by atoms with Crippen molar-refractivity contribution < 1.29 is 9.47 Å². The summed E-state index contributed by atoms with van der Waals surface area (Å²) in [5, 5.41) is 0.680. The van der Waals surface area contributed by atoms with Crippen LogP contribution in [0.4, 0.5) is 0 Å². The van der Waals surface area contributed by atoms with Gasteiger partial charge >= 0.3 is 0 Å². The van der Waals surface area contributed by atoms with Crippen LogP contribution in [0.15, 0.2) is 6.07 Å². The molecule has 0 aromatic heterocycles. The van der Waals surface area contributed by atoms with Gasteiger partial charge in [-0.05, 0) is 25.3 Å². The van der Waals surface area contributed by atoms with E-state index in [4.69, 9.17) is 26.8 Å². The van der Waals surface area contributed by atoms with Gasteiger partial charge in [0.2, 0.25) is 0 Å². The lowest BCUT2D eigenvalue weighted by atomic mass is 9.85. The maximum atomic E-state index is 6.56. The molecule has 2 rings (SSSR count). The van der Waals surface area contributed by atoms with Crippen LogP contribution in [0.2, 0.25) is 5.02 Å². The standard InChI is InChI=1S/C14H20ClNO2/c1-9-10(15)8-11(17-2)13(18-3)12(9)14(16)6-4-5-7-14/h8H,4-7,16H2,1-3H3. The second-order valence-corrected chi connectivity index (χ2v) is 5.36. The van der Waals surface area contributed by atoms with E-state index in [1.165, 1.54) is 0 Å². The Hall–Kier alpha value is -0.930. The molecule has 0 radical (unpaired) electrons. The highest BCUT2D eigenvalue weighted by Gasteiger charge is 2.37. The van der Waals surface area contributed by atoms with Crippen molar-refractivity contribution in [3.63, 3.8) is 0 Å². The highest BCUT2D eigenvalue weighted by Crippen LogP contribution is 2.47. The highest BCUT2D eigenvalue weighted by atomic mass is 35.5. The van der Waals surface area contributed by atoms with Gasteiger partial charge in [0.05, 0.1) is 14.2 Å². The minimum absolute atomic E-state index is 0.340. The van der Waals surface area contributed by atoms with Crippen molar-refractivity contribution in [3.8, 4) is 11.5 Å². The molecule has 0 atom stereocenters. The Balaban J connectivity index is 2.66. The van der Waals surface area contributed by atoms with Gasteiger partial charge in [-0.15, -0.1) is 0 Å². The Morgan fingerprint density at radius 3 is 2.33 bits per heavy atom. The Morgan fingerprint density at radius 2 is 1.83 bits per heavy atom. The molecule has 0 bridgehead atoms. The van der Waals surface area contributed by atoms with Crippen LogP contribution in [0.5, 0.6) is 11.5 Å². The Labute approximate surface area is 113 Å². The van der Waals surface area contributed by atoms with E-state index in [2.05, 4.69) is 0 Å². The predicted molar refractivity (Wildman–Crippen MR) is 73.6 cm³/mol. The van der Waals surface area contributed by atoms with Crippen LogP contribution in [0.25, 0.3) is 0 Å². The third-order valence-corrected chi connectivity index (χ3v) is 4.25. The smallest absolute Gasteiger partial charge is 0.166 e. The zero-order valence-corrected chi connectivity index (χ0v) is 11.9. The summed E-state index contributed by atoms with van der Waals surface area (Å²) in [7, 11) is 3.26. The van der Waals surface area contributed by atoms with Gasteiger partial charge in [0.1, 0.15) is 0 Å². The number of benzene rings is 1. The molecule has 1 saturated carbocycles. The molecule has 1 aromatic carbocycles. The predicted octanol–water partition coefficient (Wildman–Crippen LogP) is 3.39. The lowest BCUT2D eigenvalue weighted by Gasteiger charge is -2.29. The molecule has 3 nitrogen and oxygen atoms in total. The van der Waals surface area contributed by atoms with Gasteiger partial charge in [-0.2, -0.15) is 0 Å². The summed E-state index contributed by atoms with van der Waals surface area (Å²) in [6.45, 7) is 1.99. The molecule has 1 aliphatic carbocycles. The van der Waals surface area contributed by atoms with E-state index in [0.29, 0.717) is 10.8 Å². The summed E-state index contributed by atoms with van der Waals surface area (Å²) >= 11 is 6.28. The normalized spacial score (nSPS) is 17.8. The molecule has 0 heterocycles. The monoisotopic (exact) mass is 269 g/mol. The number of rotatable bonds is 3. The topological polar surface area (TPSA) is 44.5 Å². The number of nitrogens with two attached hydrogens (primary N) is 1. The average molecular weight is 270 g/mol. The van der Waals surface area contributed by atoms with Crippen LogP contribution in [0, 0.1) is 6.92 Å². The van der Waals surface area contributed by atoms with Gasteiger partial charge in [-0.1, -0.05) is 24.4 Å². The molecule has 2 N–H and O–H groups in total. The molecule has 1 aromatic rings. The average Bonchev–Trinajstić information content (AvgIpc) is 2.79. The van der Waals surface area contributed by atoms with Gasteiger partial charge < -0.3 is 15.2 Å². The molecular formula is C14H20ClNO2. The second kappa shape index (κ2) is 4.98. The molecule has 100 valence electrons. The first-order valence-corrected chi connectivity index (χ1v) is 6.61. The molecule has 4 heteroatoms. The maximum Gasteiger partial charge on any atom is 0.166 e. The molecule has 0 saturated heterocycles. The summed E-state index contributed by atoms with van der Waals surface area (Å²) in [6.07, 6.45) is 4.23. The van der Waals surface area contributed by atoms with E-state index >= 15 is 0 Å². The van der Waals surface area contributed by atoms with Crippen molar-refractivity contribution in [2.45, 2.75) is 38.1 Å². The molecule has 0 aliphatic heterocycles. The second-order valence-electron chi connectivity index (χ2n) is 4.96. The van der Waals surface area contributed by atoms with E-state index in [1.807, 2.05) is 6.92 Å². The molecule has 1 fully saturated rings. The third-order valence-electron chi connectivity index (χ3n) is 3.86. The van der Waals surface area contributed by atoms with E-state index in [0.717, 1.165) is 42.6 Å². The largest absolute Gasteiger partial charge is 0.493 e. The summed E-state index contributed by atoms with van der Waals surface area (Å²) in [5.74, 6) is 1.38. The first kappa shape index (κ1) is 13.5. The first-order valence-electron chi connectivity index (χ1n) is 6.24. The zero-order chi connectivity index (χ0) is 13.3. The van der Waals surface area contributed by atoms with Gasteiger partial charge in [0.15, 0.2) is 11.5 Å². The molecule has 18 heavy (non-hydrogen) atoms.